The summed E-state index contributed by atoms with van der Waals surface area (Å²) in [5.74, 6) is 1.82. The number of nitrogens with zero attached hydrogens (tertiary/aromatic N) is 1. The lowest BCUT2D eigenvalue weighted by Crippen LogP contribution is -2.32. The second-order valence-corrected chi connectivity index (χ2v) is 6.40. The summed E-state index contributed by atoms with van der Waals surface area (Å²) in [4.78, 5) is 2.49. The third-order valence-corrected chi connectivity index (χ3v) is 4.30. The summed E-state index contributed by atoms with van der Waals surface area (Å²) in [6, 6.07) is 4.02. The molecule has 1 fully saturated rings. The van der Waals surface area contributed by atoms with Gasteiger partial charge in [0.1, 0.15) is 5.75 Å². The van der Waals surface area contributed by atoms with Gasteiger partial charge in [-0.25, -0.2) is 0 Å². The van der Waals surface area contributed by atoms with Crippen molar-refractivity contribution in [2.45, 2.75) is 39.5 Å². The van der Waals surface area contributed by atoms with E-state index < -0.39 is 0 Å². The average Bonchev–Trinajstić information content (AvgIpc) is 2.48. The molecule has 4 nitrogen and oxygen atoms in total. The topological polar surface area (TPSA) is 64.5 Å². The second-order valence-electron chi connectivity index (χ2n) is 6.40. The molecule has 0 amide bonds. The standard InChI is InChI=1S/C17H29N3O/c1-4-20-9-7-13(8-10-20)14-5-6-15(18)16(19)17(14)21-11-12(2)3/h5-6,12-13H,4,7-11,18-19H2,1-3H3. The van der Waals surface area contributed by atoms with E-state index in [-0.39, 0.29) is 0 Å². The highest BCUT2D eigenvalue weighted by Crippen LogP contribution is 2.40. The first kappa shape index (κ1) is 16.0. The maximum atomic E-state index is 6.17. The summed E-state index contributed by atoms with van der Waals surface area (Å²) in [6.07, 6.45) is 2.32. The van der Waals surface area contributed by atoms with E-state index in [1.54, 1.807) is 0 Å². The van der Waals surface area contributed by atoms with Crippen LogP contribution < -0.4 is 16.2 Å². The Bertz CT molecular complexity index is 465. The highest BCUT2D eigenvalue weighted by Gasteiger charge is 2.24. The van der Waals surface area contributed by atoms with Gasteiger partial charge in [-0.1, -0.05) is 26.8 Å². The average molecular weight is 291 g/mol. The van der Waals surface area contributed by atoms with Gasteiger partial charge >= 0.3 is 0 Å². The van der Waals surface area contributed by atoms with Gasteiger partial charge in [0, 0.05) is 0 Å². The second kappa shape index (κ2) is 7.03. The molecule has 4 N–H and O–H groups in total. The fourth-order valence-electron chi connectivity index (χ4n) is 2.92. The van der Waals surface area contributed by atoms with Gasteiger partial charge < -0.3 is 21.1 Å². The first-order valence-electron chi connectivity index (χ1n) is 8.05. The van der Waals surface area contributed by atoms with Crippen molar-refractivity contribution in [1.29, 1.82) is 0 Å². The molecule has 0 aromatic heterocycles. The minimum absolute atomic E-state index is 0.473. The van der Waals surface area contributed by atoms with Gasteiger partial charge in [0.15, 0.2) is 0 Å². The molecule has 0 aliphatic carbocycles. The van der Waals surface area contributed by atoms with E-state index in [0.29, 0.717) is 29.8 Å². The van der Waals surface area contributed by atoms with E-state index in [9.17, 15) is 0 Å². The van der Waals surface area contributed by atoms with Crippen LogP contribution in [-0.2, 0) is 0 Å². The minimum Gasteiger partial charge on any atom is -0.491 e. The van der Waals surface area contributed by atoms with E-state index >= 15 is 0 Å². The van der Waals surface area contributed by atoms with Gasteiger partial charge in [0.25, 0.3) is 0 Å². The number of nitrogens with two attached hydrogens (primary N) is 2. The lowest BCUT2D eigenvalue weighted by Gasteiger charge is -2.32. The maximum Gasteiger partial charge on any atom is 0.147 e. The normalized spacial score (nSPS) is 17.3. The number of piperidine rings is 1. The van der Waals surface area contributed by atoms with Gasteiger partial charge in [-0.15, -0.1) is 0 Å². The maximum absolute atomic E-state index is 6.17. The van der Waals surface area contributed by atoms with Crippen LogP contribution in [0.15, 0.2) is 12.1 Å². The lowest BCUT2D eigenvalue weighted by molar-refractivity contribution is 0.217. The third kappa shape index (κ3) is 3.82. The van der Waals surface area contributed by atoms with E-state index in [0.717, 1.165) is 38.2 Å². The van der Waals surface area contributed by atoms with Crippen molar-refractivity contribution in [3.8, 4) is 5.75 Å². The van der Waals surface area contributed by atoms with Crippen LogP contribution in [-0.4, -0.2) is 31.1 Å². The zero-order valence-electron chi connectivity index (χ0n) is 13.6. The molecule has 2 rings (SSSR count). The van der Waals surface area contributed by atoms with E-state index in [1.165, 1.54) is 5.56 Å². The number of likely N-dealkylation sites (tertiary alicyclic amines) is 1. The SMILES string of the molecule is CCN1CCC(c2ccc(N)c(N)c2OCC(C)C)CC1. The van der Waals surface area contributed by atoms with Crippen molar-refractivity contribution in [2.75, 3.05) is 37.7 Å². The molecule has 0 spiro atoms. The zero-order valence-corrected chi connectivity index (χ0v) is 13.6. The van der Waals surface area contributed by atoms with E-state index in [2.05, 4.69) is 31.7 Å². The molecule has 1 aliphatic heterocycles. The quantitative estimate of drug-likeness (QED) is 0.818. The number of ether oxygens (including phenoxy) is 1. The van der Waals surface area contributed by atoms with Crippen molar-refractivity contribution in [3.63, 3.8) is 0 Å². The van der Waals surface area contributed by atoms with Crippen LogP contribution in [0.25, 0.3) is 0 Å². The number of hydrogen-bond donors (Lipinski definition) is 2. The van der Waals surface area contributed by atoms with E-state index in [1.807, 2.05) is 6.07 Å². The Balaban J connectivity index is 2.20. The fraction of sp³-hybridized carbons (Fsp3) is 0.647. The molecule has 1 aromatic rings. The first-order chi connectivity index (χ1) is 10.0. The Morgan fingerprint density at radius 1 is 1.24 bits per heavy atom. The third-order valence-electron chi connectivity index (χ3n) is 4.30. The van der Waals surface area contributed by atoms with Crippen molar-refractivity contribution in [3.05, 3.63) is 17.7 Å². The van der Waals surface area contributed by atoms with Crippen LogP contribution in [0.2, 0.25) is 0 Å². The fourth-order valence-corrected chi connectivity index (χ4v) is 2.92. The van der Waals surface area contributed by atoms with Crippen molar-refractivity contribution >= 4 is 11.4 Å². The molecule has 21 heavy (non-hydrogen) atoms. The summed E-state index contributed by atoms with van der Waals surface area (Å²) in [5.41, 5.74) is 14.6. The lowest BCUT2D eigenvalue weighted by atomic mass is 9.88. The molecule has 0 unspecified atom stereocenters. The Kier molecular flexibility index (Phi) is 5.34. The van der Waals surface area contributed by atoms with Gasteiger partial charge in [0.05, 0.1) is 18.0 Å². The summed E-state index contributed by atoms with van der Waals surface area (Å²) >= 11 is 0. The molecule has 4 heteroatoms. The molecule has 0 radical (unpaired) electrons. The zero-order chi connectivity index (χ0) is 15.4. The molecule has 1 aliphatic rings. The van der Waals surface area contributed by atoms with Gasteiger partial charge in [-0.05, 0) is 55.9 Å². The number of anilines is 2. The van der Waals surface area contributed by atoms with Gasteiger partial charge in [-0.3, -0.25) is 0 Å². The number of hydrogen-bond acceptors (Lipinski definition) is 4. The molecule has 0 atom stereocenters. The molecule has 0 saturated carbocycles. The van der Waals surface area contributed by atoms with Gasteiger partial charge in [-0.2, -0.15) is 0 Å². The smallest absolute Gasteiger partial charge is 0.147 e. The highest BCUT2D eigenvalue weighted by atomic mass is 16.5. The minimum atomic E-state index is 0.473. The van der Waals surface area contributed by atoms with Crippen LogP contribution >= 0.6 is 0 Å². The summed E-state index contributed by atoms with van der Waals surface area (Å²) in [7, 11) is 0. The Morgan fingerprint density at radius 3 is 2.48 bits per heavy atom. The van der Waals surface area contributed by atoms with Crippen LogP contribution in [0.5, 0.6) is 5.75 Å². The summed E-state index contributed by atoms with van der Waals surface area (Å²) in [5, 5.41) is 0. The Morgan fingerprint density at radius 2 is 1.90 bits per heavy atom. The van der Waals surface area contributed by atoms with Gasteiger partial charge in [0.2, 0.25) is 0 Å². The first-order valence-corrected chi connectivity index (χ1v) is 8.05. The molecule has 0 bridgehead atoms. The molecule has 1 heterocycles. The van der Waals surface area contributed by atoms with Crippen molar-refractivity contribution in [1.82, 2.24) is 4.90 Å². The summed E-state index contributed by atoms with van der Waals surface area (Å²) in [6.45, 7) is 10.6. The monoisotopic (exact) mass is 291 g/mol. The largest absolute Gasteiger partial charge is 0.491 e. The van der Waals surface area contributed by atoms with Crippen molar-refractivity contribution in [2.24, 2.45) is 5.92 Å². The summed E-state index contributed by atoms with van der Waals surface area (Å²) < 4.78 is 6.00. The molecule has 1 aromatic carbocycles. The van der Waals surface area contributed by atoms with Crippen LogP contribution in [0.4, 0.5) is 11.4 Å². The number of nitrogen functional groups attached to an aromatic ring is 2. The Labute approximate surface area is 128 Å². The Hall–Kier alpha value is -1.42. The predicted molar refractivity (Wildman–Crippen MR) is 89.7 cm³/mol. The molecule has 1 saturated heterocycles. The predicted octanol–water partition coefficient (Wildman–Crippen LogP) is 3.09. The van der Waals surface area contributed by atoms with E-state index in [4.69, 9.17) is 16.2 Å². The van der Waals surface area contributed by atoms with Crippen molar-refractivity contribution < 1.29 is 4.74 Å². The van der Waals surface area contributed by atoms with Crippen LogP contribution in [0, 0.1) is 5.92 Å². The highest BCUT2D eigenvalue weighted by molar-refractivity contribution is 5.73. The van der Waals surface area contributed by atoms with Crippen LogP contribution in [0.1, 0.15) is 45.1 Å². The van der Waals surface area contributed by atoms with Crippen LogP contribution in [0.3, 0.4) is 0 Å². The number of benzene rings is 1. The molecular formula is C17H29N3O. The molecule has 118 valence electrons. The molecular weight excluding hydrogens is 262 g/mol. The number of rotatable bonds is 5.